The van der Waals surface area contributed by atoms with Crippen LogP contribution >= 0.6 is 0 Å². The van der Waals surface area contributed by atoms with E-state index >= 15 is 0 Å². The Morgan fingerprint density at radius 2 is 1.61 bits per heavy atom. The topological polar surface area (TPSA) is 91.4 Å². The van der Waals surface area contributed by atoms with E-state index in [0.29, 0.717) is 6.42 Å². The first kappa shape index (κ1) is 29.1. The van der Waals surface area contributed by atoms with Gasteiger partial charge in [-0.25, -0.2) is 0 Å². The van der Waals surface area contributed by atoms with Gasteiger partial charge in [-0.05, 0) is 80.6 Å². The zero-order valence-corrected chi connectivity index (χ0v) is 26.2. The molecule has 2 aliphatic heterocycles. The number of epoxide rings is 1. The number of esters is 2. The van der Waals surface area contributed by atoms with Crippen molar-refractivity contribution in [2.24, 2.45) is 45.3 Å². The molecular formula is C34H48O7. The Morgan fingerprint density at radius 1 is 0.951 bits per heavy atom. The van der Waals surface area contributed by atoms with Crippen LogP contribution in [-0.4, -0.2) is 47.9 Å². The molecular weight excluding hydrogens is 520 g/mol. The van der Waals surface area contributed by atoms with Crippen LogP contribution in [0.5, 0.6) is 0 Å². The molecule has 4 unspecified atom stereocenters. The molecule has 0 aromatic rings. The summed E-state index contributed by atoms with van der Waals surface area (Å²) in [5, 5.41) is 0. The second-order valence-electron chi connectivity index (χ2n) is 15.6. The van der Waals surface area contributed by atoms with E-state index in [-0.39, 0.29) is 81.6 Å². The number of hydrogen-bond acceptors (Lipinski definition) is 7. The highest BCUT2D eigenvalue weighted by atomic mass is 16.7. The minimum Gasteiger partial charge on any atom is -0.462 e. The zero-order chi connectivity index (χ0) is 29.9. The fraction of sp³-hybridized carbons (Fsp3) is 0.794. The average molecular weight is 569 g/mol. The van der Waals surface area contributed by atoms with E-state index in [1.54, 1.807) is 0 Å². The predicted octanol–water partition coefficient (Wildman–Crippen LogP) is 5.95. The number of ether oxygens (including phenoxy) is 4. The monoisotopic (exact) mass is 568 g/mol. The largest absolute Gasteiger partial charge is 0.462 e. The van der Waals surface area contributed by atoms with Gasteiger partial charge in [-0.15, -0.1) is 0 Å². The number of carbonyl (C=O) groups excluding carboxylic acids is 3. The van der Waals surface area contributed by atoms with E-state index in [4.69, 9.17) is 18.9 Å². The van der Waals surface area contributed by atoms with Gasteiger partial charge in [0.15, 0.2) is 5.78 Å². The smallest absolute Gasteiger partial charge is 0.304 e. The summed E-state index contributed by atoms with van der Waals surface area (Å²) in [6, 6.07) is 0. The van der Waals surface area contributed by atoms with E-state index in [1.807, 2.05) is 6.08 Å². The van der Waals surface area contributed by atoms with Crippen molar-refractivity contribution in [3.05, 3.63) is 23.8 Å². The molecule has 0 N–H and O–H groups in total. The molecule has 2 saturated carbocycles. The molecule has 0 radical (unpaired) electrons. The second-order valence-corrected chi connectivity index (χ2v) is 15.6. The van der Waals surface area contributed by atoms with Crippen molar-refractivity contribution in [2.45, 2.75) is 125 Å². The lowest BCUT2D eigenvalue weighted by Gasteiger charge is -2.66. The molecule has 0 aromatic carbocycles. The van der Waals surface area contributed by atoms with Gasteiger partial charge < -0.3 is 18.9 Å². The fourth-order valence-corrected chi connectivity index (χ4v) is 10.7. The standard InChI is InChI=1S/C34H48O7/c1-18(35)38-27-17-25-30(3,4)26(37)13-15-33(25,8)24-12-14-32(7)21(10-11-23(32)34(24,27)9)20-16-22(28-31(5,6)41-28)40-29(20)39-19(2)36/h11,13,15,20-22,24-25,27-29H,10,12,14,16-17H2,1-9H3/t20?,21-,22?,24-,25+,27-,28?,29+,32+,33-,34?/m1/s1. The van der Waals surface area contributed by atoms with Gasteiger partial charge in [0.1, 0.15) is 12.2 Å². The Labute approximate surface area is 244 Å². The molecule has 6 aliphatic rings. The Morgan fingerprint density at radius 3 is 2.22 bits per heavy atom. The molecule has 6 rings (SSSR count). The zero-order valence-electron chi connectivity index (χ0n) is 26.2. The highest BCUT2D eigenvalue weighted by Gasteiger charge is 2.69. The fourth-order valence-electron chi connectivity index (χ4n) is 10.7. The van der Waals surface area contributed by atoms with Crippen molar-refractivity contribution >= 4 is 17.7 Å². The third-order valence-corrected chi connectivity index (χ3v) is 12.7. The SMILES string of the molecule is CC(=O)O[C@H]1OC(C2OC2(C)C)CC1[C@H]1CC=C2C3(C)[C@H](OC(C)=O)C[C@H]4C(C)(C)C(=O)C=C[C@]4(C)[C@H]3CC[C@]21C. The quantitative estimate of drug-likeness (QED) is 0.235. The minimum absolute atomic E-state index is 0.00757. The molecule has 7 heteroatoms. The molecule has 2 saturated heterocycles. The van der Waals surface area contributed by atoms with Gasteiger partial charge in [0, 0.05) is 30.6 Å². The molecule has 4 fully saturated rings. The predicted molar refractivity (Wildman–Crippen MR) is 152 cm³/mol. The highest BCUT2D eigenvalue weighted by Crippen LogP contribution is 2.73. The average Bonchev–Trinajstić information content (AvgIpc) is 3.15. The Hall–Kier alpha value is -1.99. The number of rotatable bonds is 4. The molecule has 226 valence electrons. The van der Waals surface area contributed by atoms with Gasteiger partial charge in [-0.2, -0.15) is 0 Å². The summed E-state index contributed by atoms with van der Waals surface area (Å²) in [5.41, 5.74) is -0.103. The van der Waals surface area contributed by atoms with Crippen LogP contribution in [0.4, 0.5) is 0 Å². The molecule has 0 spiro atoms. The van der Waals surface area contributed by atoms with E-state index in [0.717, 1.165) is 25.7 Å². The maximum absolute atomic E-state index is 13.1. The third-order valence-electron chi connectivity index (χ3n) is 12.7. The number of allylic oxidation sites excluding steroid dienone is 3. The van der Waals surface area contributed by atoms with Crippen molar-refractivity contribution < 1.29 is 33.3 Å². The molecule has 41 heavy (non-hydrogen) atoms. The summed E-state index contributed by atoms with van der Waals surface area (Å²) in [5.74, 6) is 0.133. The molecule has 11 atom stereocenters. The van der Waals surface area contributed by atoms with Crippen LogP contribution < -0.4 is 0 Å². The summed E-state index contributed by atoms with van der Waals surface area (Å²) in [6.45, 7) is 18.2. The van der Waals surface area contributed by atoms with Crippen LogP contribution in [0.1, 0.15) is 94.4 Å². The Balaban J connectivity index is 1.37. The summed E-state index contributed by atoms with van der Waals surface area (Å²) < 4.78 is 24.4. The second kappa shape index (κ2) is 9.01. The summed E-state index contributed by atoms with van der Waals surface area (Å²) in [4.78, 5) is 37.8. The summed E-state index contributed by atoms with van der Waals surface area (Å²) in [6.07, 6.45) is 9.66. The van der Waals surface area contributed by atoms with Crippen molar-refractivity contribution in [2.75, 3.05) is 0 Å². The first-order valence-corrected chi connectivity index (χ1v) is 15.6. The lowest BCUT2D eigenvalue weighted by atomic mass is 9.38. The number of ketones is 1. The van der Waals surface area contributed by atoms with Crippen molar-refractivity contribution in [3.8, 4) is 0 Å². The molecule has 0 aromatic heterocycles. The van der Waals surface area contributed by atoms with Crippen molar-refractivity contribution in [1.29, 1.82) is 0 Å². The molecule has 4 aliphatic carbocycles. The Bertz CT molecular complexity index is 1230. The summed E-state index contributed by atoms with van der Waals surface area (Å²) in [7, 11) is 0. The highest BCUT2D eigenvalue weighted by molar-refractivity contribution is 5.95. The minimum atomic E-state index is -0.594. The molecule has 2 heterocycles. The van der Waals surface area contributed by atoms with Crippen LogP contribution in [0.2, 0.25) is 0 Å². The maximum atomic E-state index is 13.1. The number of fused-ring (bicyclic) bond motifs is 5. The van der Waals surface area contributed by atoms with Crippen LogP contribution in [0.3, 0.4) is 0 Å². The van der Waals surface area contributed by atoms with E-state index < -0.39 is 11.7 Å². The van der Waals surface area contributed by atoms with E-state index in [1.165, 1.54) is 19.4 Å². The van der Waals surface area contributed by atoms with Crippen LogP contribution in [0.25, 0.3) is 0 Å². The van der Waals surface area contributed by atoms with Gasteiger partial charge in [0.25, 0.3) is 0 Å². The Kier molecular flexibility index (Phi) is 6.40. The van der Waals surface area contributed by atoms with Gasteiger partial charge in [-0.3, -0.25) is 14.4 Å². The van der Waals surface area contributed by atoms with Crippen LogP contribution in [-0.2, 0) is 33.3 Å². The summed E-state index contributed by atoms with van der Waals surface area (Å²) >= 11 is 0. The number of hydrogen-bond donors (Lipinski definition) is 0. The number of carbonyl (C=O) groups is 3. The molecule has 0 amide bonds. The normalized spacial score (nSPS) is 48.9. The van der Waals surface area contributed by atoms with E-state index in [9.17, 15) is 14.4 Å². The molecule has 7 nitrogen and oxygen atoms in total. The lowest BCUT2D eigenvalue weighted by molar-refractivity contribution is -0.193. The van der Waals surface area contributed by atoms with Gasteiger partial charge in [-0.1, -0.05) is 52.3 Å². The van der Waals surface area contributed by atoms with Crippen LogP contribution in [0, 0.1) is 45.3 Å². The molecule has 0 bridgehead atoms. The van der Waals surface area contributed by atoms with Crippen molar-refractivity contribution in [3.63, 3.8) is 0 Å². The van der Waals surface area contributed by atoms with Crippen molar-refractivity contribution in [1.82, 2.24) is 0 Å². The van der Waals surface area contributed by atoms with Gasteiger partial charge >= 0.3 is 11.9 Å². The first-order chi connectivity index (χ1) is 19.0. The van der Waals surface area contributed by atoms with Gasteiger partial charge in [0.2, 0.25) is 6.29 Å². The third kappa shape index (κ3) is 4.07. The van der Waals surface area contributed by atoms with E-state index in [2.05, 4.69) is 60.6 Å². The first-order valence-electron chi connectivity index (χ1n) is 15.6. The van der Waals surface area contributed by atoms with Gasteiger partial charge in [0.05, 0.1) is 11.7 Å². The maximum Gasteiger partial charge on any atom is 0.304 e. The lowest BCUT2D eigenvalue weighted by Crippen LogP contribution is -2.64. The van der Waals surface area contributed by atoms with Crippen LogP contribution in [0.15, 0.2) is 23.8 Å².